The van der Waals surface area contributed by atoms with Crippen LogP contribution in [0.25, 0.3) is 6.08 Å². The summed E-state index contributed by atoms with van der Waals surface area (Å²) in [4.78, 5) is 16.5. The third-order valence-corrected chi connectivity index (χ3v) is 3.95. The number of benzene rings is 1. The maximum absolute atomic E-state index is 12.2. The maximum atomic E-state index is 12.2. The molecule has 0 aliphatic carbocycles. The Labute approximate surface area is 136 Å². The highest BCUT2D eigenvalue weighted by Gasteiger charge is 2.11. The van der Waals surface area contributed by atoms with Crippen molar-refractivity contribution in [2.24, 2.45) is 7.05 Å². The Balaban J connectivity index is 2.17. The zero-order chi connectivity index (χ0) is 16.1. The second-order valence-corrected chi connectivity index (χ2v) is 5.79. The van der Waals surface area contributed by atoms with Crippen LogP contribution in [0.15, 0.2) is 30.3 Å². The van der Waals surface area contributed by atoms with Crippen LogP contribution in [0.4, 0.5) is 0 Å². The van der Waals surface area contributed by atoms with Gasteiger partial charge in [-0.15, -0.1) is 0 Å². The largest absolute Gasteiger partial charge is 0.330 e. The molecule has 4 heteroatoms. The molecule has 0 radical (unpaired) electrons. The number of aromatic nitrogens is 2. The van der Waals surface area contributed by atoms with Gasteiger partial charge in [-0.3, -0.25) is 4.79 Å². The number of hydrogen-bond acceptors (Lipinski definition) is 2. The first-order valence-corrected chi connectivity index (χ1v) is 7.91. The highest BCUT2D eigenvalue weighted by atomic mass is 35.5. The van der Waals surface area contributed by atoms with Gasteiger partial charge in [-0.05, 0) is 25.5 Å². The minimum Gasteiger partial charge on any atom is -0.330 e. The first-order valence-electron chi connectivity index (χ1n) is 7.53. The molecule has 2 rings (SSSR count). The van der Waals surface area contributed by atoms with Crippen molar-refractivity contribution in [3.63, 3.8) is 0 Å². The Bertz CT molecular complexity index is 684. The molecule has 0 bridgehead atoms. The van der Waals surface area contributed by atoms with E-state index in [2.05, 4.69) is 11.9 Å². The molecule has 116 valence electrons. The minimum absolute atomic E-state index is 0.0348. The first-order chi connectivity index (χ1) is 10.5. The number of unbranched alkanes of at least 4 members (excludes halogenated alkanes) is 1. The predicted molar refractivity (Wildman–Crippen MR) is 91.4 cm³/mol. The van der Waals surface area contributed by atoms with E-state index in [0.29, 0.717) is 10.7 Å². The number of hydrogen-bond donors (Lipinski definition) is 0. The highest BCUT2D eigenvalue weighted by molar-refractivity contribution is 6.30. The van der Waals surface area contributed by atoms with Gasteiger partial charge in [0, 0.05) is 19.0 Å². The van der Waals surface area contributed by atoms with E-state index >= 15 is 0 Å². The Morgan fingerprint density at radius 1 is 1.32 bits per heavy atom. The topological polar surface area (TPSA) is 34.9 Å². The summed E-state index contributed by atoms with van der Waals surface area (Å²) in [6.45, 7) is 4.14. The Morgan fingerprint density at radius 3 is 2.64 bits per heavy atom. The monoisotopic (exact) mass is 316 g/mol. The van der Waals surface area contributed by atoms with Gasteiger partial charge in [0.25, 0.3) is 0 Å². The number of halogens is 1. The van der Waals surface area contributed by atoms with Gasteiger partial charge >= 0.3 is 0 Å². The van der Waals surface area contributed by atoms with Crippen LogP contribution in [-0.4, -0.2) is 15.3 Å². The summed E-state index contributed by atoms with van der Waals surface area (Å²) in [6, 6.07) is 7.53. The molecule has 0 fully saturated rings. The molecular weight excluding hydrogens is 296 g/mol. The molecule has 0 spiro atoms. The van der Waals surface area contributed by atoms with Crippen LogP contribution in [0.2, 0.25) is 5.15 Å². The van der Waals surface area contributed by atoms with Crippen molar-refractivity contribution < 1.29 is 4.79 Å². The molecule has 0 aliphatic rings. The Morgan fingerprint density at radius 2 is 2.00 bits per heavy atom. The van der Waals surface area contributed by atoms with Gasteiger partial charge in [-0.1, -0.05) is 54.8 Å². The average molecular weight is 317 g/mol. The molecule has 1 aromatic heterocycles. The van der Waals surface area contributed by atoms with E-state index in [1.54, 1.807) is 12.2 Å². The lowest BCUT2D eigenvalue weighted by Crippen LogP contribution is -2.00. The van der Waals surface area contributed by atoms with Crippen molar-refractivity contribution in [1.29, 1.82) is 0 Å². The molecule has 2 aromatic rings. The lowest BCUT2D eigenvalue weighted by molar-refractivity contribution is 0.104. The predicted octanol–water partition coefficient (Wildman–Crippen LogP) is 4.62. The molecule has 0 unspecified atom stereocenters. The standard InChI is InChI=1S/C18H21ClN2O/c1-4-5-6-17-20-18(19)15(21(17)3)11-12-16(22)14-9-7-13(2)8-10-14/h7-12H,4-6H2,1-3H3/b12-11+. The number of imidazole rings is 1. The molecule has 1 heterocycles. The molecule has 0 aliphatic heterocycles. The number of allylic oxidation sites excluding steroid dienone is 1. The molecule has 3 nitrogen and oxygen atoms in total. The summed E-state index contributed by atoms with van der Waals surface area (Å²) >= 11 is 6.18. The van der Waals surface area contributed by atoms with E-state index in [1.165, 1.54) is 0 Å². The van der Waals surface area contributed by atoms with E-state index in [9.17, 15) is 4.79 Å². The summed E-state index contributed by atoms with van der Waals surface area (Å²) in [7, 11) is 1.93. The zero-order valence-electron chi connectivity index (χ0n) is 13.3. The minimum atomic E-state index is -0.0348. The summed E-state index contributed by atoms with van der Waals surface area (Å²) in [5.41, 5.74) is 2.58. The van der Waals surface area contributed by atoms with Crippen molar-refractivity contribution in [3.05, 3.63) is 58.1 Å². The third-order valence-electron chi connectivity index (χ3n) is 3.67. The Hall–Kier alpha value is -1.87. The van der Waals surface area contributed by atoms with Crippen LogP contribution in [0.5, 0.6) is 0 Å². The van der Waals surface area contributed by atoms with Crippen LogP contribution < -0.4 is 0 Å². The molecule has 22 heavy (non-hydrogen) atoms. The first kappa shape index (κ1) is 16.5. The Kier molecular flexibility index (Phi) is 5.56. The fourth-order valence-electron chi connectivity index (χ4n) is 2.23. The van der Waals surface area contributed by atoms with Crippen molar-refractivity contribution in [2.45, 2.75) is 33.1 Å². The number of aryl methyl sites for hydroxylation is 2. The summed E-state index contributed by atoms with van der Waals surface area (Å²) in [5.74, 6) is 0.918. The van der Waals surface area contributed by atoms with E-state index in [-0.39, 0.29) is 5.78 Å². The average Bonchev–Trinajstić information content (AvgIpc) is 2.77. The van der Waals surface area contributed by atoms with Gasteiger partial charge in [-0.2, -0.15) is 0 Å². The van der Waals surface area contributed by atoms with Gasteiger partial charge in [0.2, 0.25) is 0 Å². The summed E-state index contributed by atoms with van der Waals surface area (Å²) < 4.78 is 1.96. The maximum Gasteiger partial charge on any atom is 0.185 e. The second kappa shape index (κ2) is 7.41. The molecule has 0 atom stereocenters. The van der Waals surface area contributed by atoms with E-state index in [1.807, 2.05) is 42.8 Å². The number of ketones is 1. The molecule has 0 amide bonds. The molecule has 1 aromatic carbocycles. The second-order valence-electron chi connectivity index (χ2n) is 5.43. The molecule has 0 saturated heterocycles. The van der Waals surface area contributed by atoms with Crippen molar-refractivity contribution in [2.75, 3.05) is 0 Å². The van der Waals surface area contributed by atoms with Crippen molar-refractivity contribution >= 4 is 23.5 Å². The quantitative estimate of drug-likeness (QED) is 0.575. The van der Waals surface area contributed by atoms with Crippen LogP contribution >= 0.6 is 11.6 Å². The summed E-state index contributed by atoms with van der Waals surface area (Å²) in [6.07, 6.45) is 6.38. The van der Waals surface area contributed by atoms with Crippen LogP contribution in [-0.2, 0) is 13.5 Å². The fourth-order valence-corrected chi connectivity index (χ4v) is 2.52. The smallest absolute Gasteiger partial charge is 0.185 e. The number of rotatable bonds is 6. The van der Waals surface area contributed by atoms with E-state index in [0.717, 1.165) is 36.3 Å². The molecular formula is C18H21ClN2O. The highest BCUT2D eigenvalue weighted by Crippen LogP contribution is 2.19. The third kappa shape index (κ3) is 3.86. The van der Waals surface area contributed by atoms with Crippen LogP contribution in [0, 0.1) is 6.92 Å². The van der Waals surface area contributed by atoms with Gasteiger partial charge in [-0.25, -0.2) is 4.98 Å². The molecule has 0 N–H and O–H groups in total. The van der Waals surface area contributed by atoms with E-state index in [4.69, 9.17) is 11.6 Å². The lowest BCUT2D eigenvalue weighted by atomic mass is 10.1. The molecule has 0 saturated carbocycles. The van der Waals surface area contributed by atoms with Crippen molar-refractivity contribution in [1.82, 2.24) is 9.55 Å². The zero-order valence-corrected chi connectivity index (χ0v) is 14.0. The normalized spacial score (nSPS) is 11.3. The van der Waals surface area contributed by atoms with Crippen LogP contribution in [0.3, 0.4) is 0 Å². The SMILES string of the molecule is CCCCc1nc(Cl)c(/C=C/C(=O)c2ccc(C)cc2)n1C. The van der Waals surface area contributed by atoms with Crippen LogP contribution in [0.1, 0.15) is 47.2 Å². The van der Waals surface area contributed by atoms with Crippen molar-refractivity contribution in [3.8, 4) is 0 Å². The fraction of sp³-hybridized carbons (Fsp3) is 0.333. The number of carbonyl (C=O) groups excluding carboxylic acids is 1. The van der Waals surface area contributed by atoms with Gasteiger partial charge in [0.15, 0.2) is 10.9 Å². The van der Waals surface area contributed by atoms with Gasteiger partial charge in [0.1, 0.15) is 5.82 Å². The summed E-state index contributed by atoms with van der Waals surface area (Å²) in [5, 5.41) is 0.446. The number of carbonyl (C=O) groups is 1. The number of nitrogens with zero attached hydrogens (tertiary/aromatic N) is 2. The van der Waals surface area contributed by atoms with E-state index < -0.39 is 0 Å². The van der Waals surface area contributed by atoms with Gasteiger partial charge in [0.05, 0.1) is 5.69 Å². The lowest BCUT2D eigenvalue weighted by Gasteiger charge is -2.02. The van der Waals surface area contributed by atoms with Gasteiger partial charge < -0.3 is 4.57 Å².